The summed E-state index contributed by atoms with van der Waals surface area (Å²) >= 11 is 3.50. The summed E-state index contributed by atoms with van der Waals surface area (Å²) in [5.74, 6) is 0. The van der Waals surface area contributed by atoms with Crippen molar-refractivity contribution in [2.75, 3.05) is 11.9 Å². The second kappa shape index (κ2) is 3.80. The SMILES string of the molecule is Brc1ccc2c(c1)NCC(NC1CC1)C2. The van der Waals surface area contributed by atoms with Gasteiger partial charge in [-0.05, 0) is 37.0 Å². The second-order valence-corrected chi connectivity index (χ2v) is 5.44. The highest BCUT2D eigenvalue weighted by atomic mass is 79.9. The van der Waals surface area contributed by atoms with Gasteiger partial charge in [0.25, 0.3) is 0 Å². The van der Waals surface area contributed by atoms with Crippen LogP contribution in [0.15, 0.2) is 22.7 Å². The van der Waals surface area contributed by atoms with Gasteiger partial charge in [-0.25, -0.2) is 0 Å². The van der Waals surface area contributed by atoms with Crippen LogP contribution in [0.5, 0.6) is 0 Å². The lowest BCUT2D eigenvalue weighted by molar-refractivity contribution is 0.514. The molecule has 0 radical (unpaired) electrons. The fourth-order valence-corrected chi connectivity index (χ4v) is 2.52. The average molecular weight is 267 g/mol. The molecular formula is C12H15BrN2. The van der Waals surface area contributed by atoms with Gasteiger partial charge in [0.1, 0.15) is 0 Å². The van der Waals surface area contributed by atoms with Crippen molar-refractivity contribution < 1.29 is 0 Å². The average Bonchev–Trinajstić information content (AvgIpc) is 3.02. The van der Waals surface area contributed by atoms with Crippen molar-refractivity contribution in [3.8, 4) is 0 Å². The van der Waals surface area contributed by atoms with E-state index in [-0.39, 0.29) is 0 Å². The van der Waals surface area contributed by atoms with Crippen LogP contribution in [0.3, 0.4) is 0 Å². The third-order valence-electron chi connectivity index (χ3n) is 3.13. The minimum absolute atomic E-state index is 0.617. The number of benzene rings is 1. The summed E-state index contributed by atoms with van der Waals surface area (Å²) < 4.78 is 1.15. The fraction of sp³-hybridized carbons (Fsp3) is 0.500. The van der Waals surface area contributed by atoms with Crippen LogP contribution in [-0.4, -0.2) is 18.6 Å². The van der Waals surface area contributed by atoms with E-state index in [0.717, 1.165) is 23.5 Å². The molecule has 1 fully saturated rings. The maximum atomic E-state index is 3.67. The van der Waals surface area contributed by atoms with E-state index >= 15 is 0 Å². The van der Waals surface area contributed by atoms with Crippen molar-refractivity contribution in [1.29, 1.82) is 0 Å². The van der Waals surface area contributed by atoms with E-state index < -0.39 is 0 Å². The van der Waals surface area contributed by atoms with E-state index in [1.807, 2.05) is 0 Å². The summed E-state index contributed by atoms with van der Waals surface area (Å²) in [6, 6.07) is 7.93. The monoisotopic (exact) mass is 266 g/mol. The lowest BCUT2D eigenvalue weighted by Gasteiger charge is -2.27. The van der Waals surface area contributed by atoms with Crippen molar-refractivity contribution in [3.63, 3.8) is 0 Å². The Labute approximate surface area is 98.6 Å². The number of anilines is 1. The van der Waals surface area contributed by atoms with Gasteiger partial charge in [0.05, 0.1) is 0 Å². The zero-order valence-corrected chi connectivity index (χ0v) is 10.2. The molecule has 1 saturated carbocycles. The summed E-state index contributed by atoms with van der Waals surface area (Å²) in [5.41, 5.74) is 2.72. The van der Waals surface area contributed by atoms with Gasteiger partial charge in [0.15, 0.2) is 0 Å². The van der Waals surface area contributed by atoms with Crippen molar-refractivity contribution in [2.45, 2.75) is 31.3 Å². The normalized spacial score (nSPS) is 24.5. The van der Waals surface area contributed by atoms with Crippen molar-refractivity contribution in [1.82, 2.24) is 5.32 Å². The van der Waals surface area contributed by atoms with E-state index in [1.54, 1.807) is 0 Å². The van der Waals surface area contributed by atoms with Crippen molar-refractivity contribution in [2.24, 2.45) is 0 Å². The summed E-state index contributed by atoms with van der Waals surface area (Å²) in [4.78, 5) is 0. The highest BCUT2D eigenvalue weighted by Crippen LogP contribution is 2.27. The van der Waals surface area contributed by atoms with Crippen LogP contribution in [0, 0.1) is 0 Å². The Morgan fingerprint density at radius 2 is 2.13 bits per heavy atom. The molecule has 1 atom stereocenters. The standard InChI is InChI=1S/C12H15BrN2/c13-9-2-1-8-5-11(15-10-3-4-10)7-14-12(8)6-9/h1-2,6,10-11,14-15H,3-5,7H2. The highest BCUT2D eigenvalue weighted by Gasteiger charge is 2.26. The molecule has 2 N–H and O–H groups in total. The number of hydrogen-bond acceptors (Lipinski definition) is 2. The topological polar surface area (TPSA) is 24.1 Å². The molecule has 0 spiro atoms. The maximum Gasteiger partial charge on any atom is 0.0385 e. The molecule has 0 bridgehead atoms. The third kappa shape index (κ3) is 2.18. The number of nitrogens with one attached hydrogen (secondary N) is 2. The summed E-state index contributed by atoms with van der Waals surface area (Å²) in [5, 5.41) is 7.17. The van der Waals surface area contributed by atoms with Gasteiger partial charge >= 0.3 is 0 Å². The maximum absolute atomic E-state index is 3.67. The first-order chi connectivity index (χ1) is 7.31. The van der Waals surface area contributed by atoms with E-state index in [1.165, 1.54) is 24.1 Å². The quantitative estimate of drug-likeness (QED) is 0.860. The summed E-state index contributed by atoms with van der Waals surface area (Å²) in [7, 11) is 0. The predicted molar refractivity (Wildman–Crippen MR) is 66.3 cm³/mol. The Morgan fingerprint density at radius 1 is 1.27 bits per heavy atom. The first-order valence-electron chi connectivity index (χ1n) is 5.59. The minimum Gasteiger partial charge on any atom is -0.383 e. The fourth-order valence-electron chi connectivity index (χ4n) is 2.16. The zero-order chi connectivity index (χ0) is 10.3. The molecular weight excluding hydrogens is 252 g/mol. The van der Waals surface area contributed by atoms with E-state index in [0.29, 0.717) is 6.04 Å². The first kappa shape index (κ1) is 9.67. The Morgan fingerprint density at radius 3 is 2.93 bits per heavy atom. The van der Waals surface area contributed by atoms with E-state index in [4.69, 9.17) is 0 Å². The molecule has 0 aromatic heterocycles. The Balaban J connectivity index is 1.74. The number of fused-ring (bicyclic) bond motifs is 1. The first-order valence-corrected chi connectivity index (χ1v) is 6.39. The van der Waals surface area contributed by atoms with Gasteiger partial charge in [-0.2, -0.15) is 0 Å². The molecule has 0 saturated heterocycles. The number of hydrogen-bond donors (Lipinski definition) is 2. The van der Waals surface area contributed by atoms with E-state index in [9.17, 15) is 0 Å². The molecule has 1 aromatic carbocycles. The molecule has 3 heteroatoms. The summed E-state index contributed by atoms with van der Waals surface area (Å²) in [6.45, 7) is 1.06. The Bertz CT molecular complexity index is 374. The van der Waals surface area contributed by atoms with Crippen LogP contribution in [0.2, 0.25) is 0 Å². The van der Waals surface area contributed by atoms with Crippen LogP contribution < -0.4 is 10.6 Å². The molecule has 80 valence electrons. The van der Waals surface area contributed by atoms with Crippen LogP contribution in [0.4, 0.5) is 5.69 Å². The van der Waals surface area contributed by atoms with Gasteiger partial charge in [-0.3, -0.25) is 0 Å². The molecule has 0 amide bonds. The second-order valence-electron chi connectivity index (χ2n) is 4.52. The van der Waals surface area contributed by atoms with Gasteiger partial charge in [0.2, 0.25) is 0 Å². The van der Waals surface area contributed by atoms with Crippen LogP contribution in [0.1, 0.15) is 18.4 Å². The van der Waals surface area contributed by atoms with Crippen molar-refractivity contribution in [3.05, 3.63) is 28.2 Å². The Hall–Kier alpha value is -0.540. The number of halogens is 1. The third-order valence-corrected chi connectivity index (χ3v) is 3.62. The minimum atomic E-state index is 0.617. The molecule has 1 heterocycles. The number of rotatable bonds is 2. The predicted octanol–water partition coefficient (Wildman–Crippen LogP) is 2.54. The lowest BCUT2D eigenvalue weighted by atomic mass is 10.00. The molecule has 1 unspecified atom stereocenters. The molecule has 1 aliphatic heterocycles. The van der Waals surface area contributed by atoms with Gasteiger partial charge in [-0.1, -0.05) is 22.0 Å². The van der Waals surface area contributed by atoms with Crippen LogP contribution in [-0.2, 0) is 6.42 Å². The molecule has 2 aliphatic rings. The van der Waals surface area contributed by atoms with Crippen LogP contribution >= 0.6 is 15.9 Å². The van der Waals surface area contributed by atoms with Gasteiger partial charge < -0.3 is 10.6 Å². The zero-order valence-electron chi connectivity index (χ0n) is 8.59. The van der Waals surface area contributed by atoms with E-state index in [2.05, 4.69) is 44.8 Å². The van der Waals surface area contributed by atoms with Crippen LogP contribution in [0.25, 0.3) is 0 Å². The molecule has 1 aliphatic carbocycles. The molecule has 1 aromatic rings. The highest BCUT2D eigenvalue weighted by molar-refractivity contribution is 9.10. The molecule has 2 nitrogen and oxygen atoms in total. The largest absolute Gasteiger partial charge is 0.383 e. The smallest absolute Gasteiger partial charge is 0.0385 e. The lowest BCUT2D eigenvalue weighted by Crippen LogP contribution is -2.41. The Kier molecular flexibility index (Phi) is 2.45. The molecule has 3 rings (SSSR count). The van der Waals surface area contributed by atoms with Gasteiger partial charge in [0, 0.05) is 28.8 Å². The summed E-state index contributed by atoms with van der Waals surface area (Å²) in [6.07, 6.45) is 3.89. The van der Waals surface area contributed by atoms with Gasteiger partial charge in [-0.15, -0.1) is 0 Å². The molecule has 15 heavy (non-hydrogen) atoms. The van der Waals surface area contributed by atoms with Crippen molar-refractivity contribution >= 4 is 21.6 Å².